The fourth-order valence-corrected chi connectivity index (χ4v) is 3.89. The second-order valence-corrected chi connectivity index (χ2v) is 8.88. The van der Waals surface area contributed by atoms with Gasteiger partial charge in [-0.1, -0.05) is 72.2 Å². The van der Waals surface area contributed by atoms with E-state index in [9.17, 15) is 5.11 Å². The molecule has 2 atom stereocenters. The zero-order valence-corrected chi connectivity index (χ0v) is 18.7. The molecule has 3 N–H and O–H groups in total. The van der Waals surface area contributed by atoms with Gasteiger partial charge in [0, 0.05) is 23.5 Å². The molecule has 0 aliphatic heterocycles. The lowest BCUT2D eigenvalue weighted by molar-refractivity contribution is -0.00632. The number of aliphatic hydroxyl groups is 2. The Hall–Kier alpha value is -1.20. The lowest BCUT2D eigenvalue weighted by atomic mass is 9.73. The predicted molar refractivity (Wildman–Crippen MR) is 120 cm³/mol. The van der Waals surface area contributed by atoms with Crippen molar-refractivity contribution in [3.63, 3.8) is 0 Å². The van der Waals surface area contributed by atoms with Gasteiger partial charge in [-0.15, -0.1) is 0 Å². The predicted octanol–water partition coefficient (Wildman–Crippen LogP) is 5.22. The molecule has 0 heterocycles. The van der Waals surface area contributed by atoms with Crippen LogP contribution in [0.15, 0.2) is 59.1 Å². The Morgan fingerprint density at radius 2 is 1.68 bits per heavy atom. The van der Waals surface area contributed by atoms with Crippen LogP contribution in [0, 0.1) is 5.92 Å². The SMILES string of the molecule is CC(C)CC[C@@](O)(c1ccc(Br)cc1)[C@H](CNCCCCO)c1ccccc1. The van der Waals surface area contributed by atoms with Gasteiger partial charge in [0.05, 0.1) is 5.60 Å². The minimum Gasteiger partial charge on any atom is -0.396 e. The summed E-state index contributed by atoms with van der Waals surface area (Å²) in [5, 5.41) is 24.6. The monoisotopic (exact) mass is 447 g/mol. The maximum atomic E-state index is 12.0. The van der Waals surface area contributed by atoms with Crippen molar-refractivity contribution in [2.45, 2.75) is 51.0 Å². The molecule has 2 rings (SSSR count). The zero-order valence-electron chi connectivity index (χ0n) is 17.1. The van der Waals surface area contributed by atoms with E-state index >= 15 is 0 Å². The maximum absolute atomic E-state index is 12.0. The molecule has 0 aliphatic carbocycles. The summed E-state index contributed by atoms with van der Waals surface area (Å²) in [4.78, 5) is 0. The van der Waals surface area contributed by atoms with Gasteiger partial charge in [-0.2, -0.15) is 0 Å². The highest BCUT2D eigenvalue weighted by Gasteiger charge is 2.39. The van der Waals surface area contributed by atoms with Crippen molar-refractivity contribution in [1.29, 1.82) is 0 Å². The van der Waals surface area contributed by atoms with Crippen LogP contribution in [0.4, 0.5) is 0 Å². The van der Waals surface area contributed by atoms with Gasteiger partial charge in [-0.3, -0.25) is 0 Å². The topological polar surface area (TPSA) is 52.5 Å². The summed E-state index contributed by atoms with van der Waals surface area (Å²) in [6.07, 6.45) is 3.40. The van der Waals surface area contributed by atoms with E-state index in [4.69, 9.17) is 5.11 Å². The molecular formula is C24H34BrNO2. The summed E-state index contributed by atoms with van der Waals surface area (Å²) < 4.78 is 1.01. The van der Waals surface area contributed by atoms with Gasteiger partial charge in [0.15, 0.2) is 0 Å². The molecule has 0 saturated carbocycles. The van der Waals surface area contributed by atoms with Gasteiger partial charge in [0.1, 0.15) is 0 Å². The van der Waals surface area contributed by atoms with Crippen molar-refractivity contribution in [1.82, 2.24) is 5.32 Å². The lowest BCUT2D eigenvalue weighted by Crippen LogP contribution is -2.40. The number of hydrogen-bond donors (Lipinski definition) is 3. The van der Waals surface area contributed by atoms with Crippen molar-refractivity contribution in [2.24, 2.45) is 5.92 Å². The Bertz CT molecular complexity index is 675. The zero-order chi connectivity index (χ0) is 20.4. The van der Waals surface area contributed by atoms with Crippen molar-refractivity contribution in [3.05, 3.63) is 70.2 Å². The van der Waals surface area contributed by atoms with Crippen molar-refractivity contribution in [2.75, 3.05) is 19.7 Å². The Labute approximate surface area is 178 Å². The van der Waals surface area contributed by atoms with Crippen LogP contribution >= 0.6 is 15.9 Å². The Kier molecular flexibility index (Phi) is 9.66. The maximum Gasteiger partial charge on any atom is 0.0977 e. The van der Waals surface area contributed by atoms with Crippen LogP contribution in [0.3, 0.4) is 0 Å². The number of halogens is 1. The molecule has 0 aromatic heterocycles. The van der Waals surface area contributed by atoms with E-state index < -0.39 is 5.60 Å². The van der Waals surface area contributed by atoms with Gasteiger partial charge >= 0.3 is 0 Å². The fourth-order valence-electron chi connectivity index (χ4n) is 3.62. The number of nitrogens with one attached hydrogen (secondary N) is 1. The average molecular weight is 448 g/mol. The molecule has 0 fully saturated rings. The van der Waals surface area contributed by atoms with Crippen LogP contribution in [0.1, 0.15) is 56.6 Å². The summed E-state index contributed by atoms with van der Waals surface area (Å²) in [6.45, 7) is 6.16. The standard InChI is InChI=1S/C24H34BrNO2/c1-19(2)14-15-24(28,21-10-12-22(25)13-11-21)23(18-26-16-6-7-17-27)20-8-4-3-5-9-20/h3-5,8-13,19,23,26-28H,6-7,14-18H2,1-2H3/t23-,24-/m1/s1. The molecule has 0 bridgehead atoms. The molecule has 0 saturated heterocycles. The van der Waals surface area contributed by atoms with Crippen molar-refractivity contribution < 1.29 is 10.2 Å². The molecule has 0 unspecified atom stereocenters. The van der Waals surface area contributed by atoms with Gasteiger partial charge in [0.25, 0.3) is 0 Å². The van der Waals surface area contributed by atoms with Gasteiger partial charge in [-0.05, 0) is 61.4 Å². The molecule has 0 spiro atoms. The second kappa shape index (κ2) is 11.7. The van der Waals surface area contributed by atoms with Crippen LogP contribution in [0.25, 0.3) is 0 Å². The fraction of sp³-hybridized carbons (Fsp3) is 0.500. The largest absolute Gasteiger partial charge is 0.396 e. The smallest absolute Gasteiger partial charge is 0.0977 e. The van der Waals surface area contributed by atoms with E-state index in [1.165, 1.54) is 0 Å². The summed E-state index contributed by atoms with van der Waals surface area (Å²) in [7, 11) is 0. The first-order chi connectivity index (χ1) is 13.5. The first-order valence-electron chi connectivity index (χ1n) is 10.3. The van der Waals surface area contributed by atoms with Crippen LogP contribution in [0.2, 0.25) is 0 Å². The third kappa shape index (κ3) is 6.70. The molecular weight excluding hydrogens is 414 g/mol. The Morgan fingerprint density at radius 1 is 1.00 bits per heavy atom. The van der Waals surface area contributed by atoms with Crippen LogP contribution in [-0.4, -0.2) is 29.9 Å². The van der Waals surface area contributed by atoms with E-state index in [1.807, 2.05) is 42.5 Å². The number of aliphatic hydroxyl groups excluding tert-OH is 1. The number of benzene rings is 2. The highest BCUT2D eigenvalue weighted by Crippen LogP contribution is 2.41. The highest BCUT2D eigenvalue weighted by molar-refractivity contribution is 9.10. The summed E-state index contributed by atoms with van der Waals surface area (Å²) in [6, 6.07) is 18.4. The molecule has 154 valence electrons. The summed E-state index contributed by atoms with van der Waals surface area (Å²) in [5.74, 6) is 0.471. The van der Waals surface area contributed by atoms with Gasteiger partial charge in [0.2, 0.25) is 0 Å². The molecule has 2 aromatic carbocycles. The van der Waals surface area contributed by atoms with Crippen molar-refractivity contribution >= 4 is 15.9 Å². The minimum atomic E-state index is -0.948. The van der Waals surface area contributed by atoms with E-state index in [0.29, 0.717) is 18.9 Å². The van der Waals surface area contributed by atoms with Gasteiger partial charge in [-0.25, -0.2) is 0 Å². The molecule has 3 nitrogen and oxygen atoms in total. The second-order valence-electron chi connectivity index (χ2n) is 7.96. The van der Waals surface area contributed by atoms with Gasteiger partial charge < -0.3 is 15.5 Å². The highest BCUT2D eigenvalue weighted by atomic mass is 79.9. The van der Waals surface area contributed by atoms with Crippen LogP contribution < -0.4 is 5.32 Å². The molecule has 0 radical (unpaired) electrons. The lowest BCUT2D eigenvalue weighted by Gasteiger charge is -2.38. The number of hydrogen-bond acceptors (Lipinski definition) is 3. The molecule has 28 heavy (non-hydrogen) atoms. The summed E-state index contributed by atoms with van der Waals surface area (Å²) >= 11 is 3.51. The van der Waals surface area contributed by atoms with E-state index in [1.54, 1.807) is 0 Å². The molecule has 2 aromatic rings. The molecule has 0 aliphatic rings. The third-order valence-electron chi connectivity index (χ3n) is 5.34. The molecule has 0 amide bonds. The Morgan fingerprint density at radius 3 is 2.29 bits per heavy atom. The Balaban J connectivity index is 2.34. The van der Waals surface area contributed by atoms with E-state index in [2.05, 4.69) is 47.2 Å². The minimum absolute atomic E-state index is 0.0530. The first kappa shape index (κ1) is 23.1. The van der Waals surface area contributed by atoms with E-state index in [-0.39, 0.29) is 12.5 Å². The quantitative estimate of drug-likeness (QED) is 0.391. The van der Waals surface area contributed by atoms with Crippen LogP contribution in [-0.2, 0) is 5.60 Å². The third-order valence-corrected chi connectivity index (χ3v) is 5.86. The van der Waals surface area contributed by atoms with Crippen LogP contribution in [0.5, 0.6) is 0 Å². The van der Waals surface area contributed by atoms with E-state index in [0.717, 1.165) is 41.4 Å². The first-order valence-corrected chi connectivity index (χ1v) is 11.1. The summed E-state index contributed by atoms with van der Waals surface area (Å²) in [5.41, 5.74) is 1.16. The number of rotatable bonds is 12. The van der Waals surface area contributed by atoms with Crippen molar-refractivity contribution in [3.8, 4) is 0 Å². The number of unbranched alkanes of at least 4 members (excludes halogenated alkanes) is 1. The molecule has 4 heteroatoms. The normalized spacial score (nSPS) is 14.8. The average Bonchev–Trinajstić information content (AvgIpc) is 2.70.